The van der Waals surface area contributed by atoms with Gasteiger partial charge in [-0.15, -0.1) is 0 Å². The van der Waals surface area contributed by atoms with Crippen molar-refractivity contribution in [3.63, 3.8) is 0 Å². The fourth-order valence-corrected chi connectivity index (χ4v) is 1.45. The summed E-state index contributed by atoms with van der Waals surface area (Å²) in [5, 5.41) is 15.0. The fraction of sp³-hybridized carbons (Fsp3) is 0.222. The van der Waals surface area contributed by atoms with Crippen LogP contribution in [0.4, 0.5) is 0 Å². The summed E-state index contributed by atoms with van der Waals surface area (Å²) in [4.78, 5) is 10.8. The summed E-state index contributed by atoms with van der Waals surface area (Å²) in [7, 11) is -3.48. The smallest absolute Gasteiger partial charge is 0.375 e. The quantitative estimate of drug-likeness (QED) is 0.749. The minimum absolute atomic E-state index is 0.0538. The standard InChI is InChI=1S/C9H9O6P/c10-6-9(8(11)12,16(13)14)15-7-4-2-1-3-5-7/h1-5,10H,6H2,(H,11,12). The van der Waals surface area contributed by atoms with Crippen molar-refractivity contribution in [2.45, 2.75) is 5.34 Å². The van der Waals surface area contributed by atoms with Crippen molar-refractivity contribution >= 4 is 13.6 Å². The molecule has 0 amide bonds. The molecule has 0 aromatic heterocycles. The number of ether oxygens (including phenoxy) is 1. The number of para-hydroxylation sites is 1. The third kappa shape index (κ3) is 2.29. The Morgan fingerprint density at radius 2 is 1.88 bits per heavy atom. The van der Waals surface area contributed by atoms with Crippen molar-refractivity contribution < 1.29 is 28.9 Å². The van der Waals surface area contributed by atoms with Gasteiger partial charge in [-0.3, -0.25) is 0 Å². The summed E-state index contributed by atoms with van der Waals surface area (Å²) in [6.07, 6.45) is 0. The second-order valence-electron chi connectivity index (χ2n) is 2.92. The third-order valence-electron chi connectivity index (χ3n) is 1.87. The number of carboxylic acids is 1. The molecule has 0 radical (unpaired) electrons. The Labute approximate surface area is 91.3 Å². The Balaban J connectivity index is 3.09. The lowest BCUT2D eigenvalue weighted by Gasteiger charge is -2.20. The fourth-order valence-electron chi connectivity index (χ4n) is 1.00. The van der Waals surface area contributed by atoms with Crippen molar-refractivity contribution in [1.29, 1.82) is 0 Å². The number of benzene rings is 1. The maximum absolute atomic E-state index is 10.9. The Bertz CT molecular complexity index is 433. The third-order valence-corrected chi connectivity index (χ3v) is 2.89. The predicted octanol–water partition coefficient (Wildman–Crippen LogP) is 1.01. The number of aliphatic hydroxyl groups excluding tert-OH is 1. The van der Waals surface area contributed by atoms with Gasteiger partial charge in [0.25, 0.3) is 0 Å². The van der Waals surface area contributed by atoms with Gasteiger partial charge in [-0.1, -0.05) is 18.2 Å². The minimum atomic E-state index is -3.48. The molecule has 0 aliphatic heterocycles. The van der Waals surface area contributed by atoms with Gasteiger partial charge in [-0.2, -0.15) is 0 Å². The average Bonchev–Trinajstić information content (AvgIpc) is 2.26. The van der Waals surface area contributed by atoms with E-state index in [1.54, 1.807) is 18.2 Å². The van der Waals surface area contributed by atoms with Gasteiger partial charge in [-0.05, 0) is 12.1 Å². The maximum atomic E-state index is 10.9. The second-order valence-corrected chi connectivity index (χ2v) is 4.16. The molecule has 1 aromatic rings. The van der Waals surface area contributed by atoms with Gasteiger partial charge < -0.3 is 14.9 Å². The lowest BCUT2D eigenvalue weighted by molar-refractivity contribution is -0.150. The van der Waals surface area contributed by atoms with Gasteiger partial charge in [0.2, 0.25) is 0 Å². The molecule has 1 aromatic carbocycles. The van der Waals surface area contributed by atoms with Gasteiger partial charge in [-0.25, -0.2) is 13.9 Å². The number of hydrogen-bond donors (Lipinski definition) is 2. The summed E-state index contributed by atoms with van der Waals surface area (Å²) >= 11 is 0. The SMILES string of the molecule is O=C(O)C(CO)(Oc1ccccc1)P(=O)=O. The van der Waals surface area contributed by atoms with Crippen LogP contribution in [-0.2, 0) is 13.9 Å². The van der Waals surface area contributed by atoms with E-state index in [1.807, 2.05) is 0 Å². The Kier molecular flexibility index (Phi) is 3.82. The highest BCUT2D eigenvalue weighted by Gasteiger charge is 2.48. The molecule has 2 N–H and O–H groups in total. The van der Waals surface area contributed by atoms with Gasteiger partial charge in [0, 0.05) is 0 Å². The Morgan fingerprint density at radius 1 is 1.31 bits per heavy atom. The first-order valence-electron chi connectivity index (χ1n) is 4.26. The Hall–Kier alpha value is -1.65. The van der Waals surface area contributed by atoms with Crippen LogP contribution in [0.1, 0.15) is 0 Å². The Morgan fingerprint density at radius 3 is 2.25 bits per heavy atom. The van der Waals surface area contributed by atoms with Crippen molar-refractivity contribution in [2.24, 2.45) is 0 Å². The van der Waals surface area contributed by atoms with E-state index in [9.17, 15) is 13.9 Å². The number of aliphatic carboxylic acids is 1. The molecule has 16 heavy (non-hydrogen) atoms. The number of carbonyl (C=O) groups is 1. The molecule has 0 heterocycles. The molecular weight excluding hydrogens is 235 g/mol. The van der Waals surface area contributed by atoms with Crippen LogP contribution in [0, 0.1) is 0 Å². The first kappa shape index (κ1) is 12.4. The molecule has 0 aliphatic carbocycles. The van der Waals surface area contributed by atoms with Crippen LogP contribution >= 0.6 is 7.68 Å². The van der Waals surface area contributed by atoms with E-state index in [2.05, 4.69) is 0 Å². The summed E-state index contributed by atoms with van der Waals surface area (Å²) in [5.41, 5.74) is 0. The van der Waals surface area contributed by atoms with Crippen LogP contribution < -0.4 is 4.74 Å². The van der Waals surface area contributed by atoms with Gasteiger partial charge in [0.05, 0.1) is 0 Å². The van der Waals surface area contributed by atoms with Crippen molar-refractivity contribution in [1.82, 2.24) is 0 Å². The van der Waals surface area contributed by atoms with E-state index < -0.39 is 25.6 Å². The van der Waals surface area contributed by atoms with Crippen LogP contribution in [0.3, 0.4) is 0 Å². The topological polar surface area (TPSA) is 101 Å². The summed E-state index contributed by atoms with van der Waals surface area (Å²) in [6.45, 7) is -1.16. The van der Waals surface area contributed by atoms with E-state index in [4.69, 9.17) is 14.9 Å². The average molecular weight is 244 g/mol. The largest absolute Gasteiger partial charge is 0.478 e. The van der Waals surface area contributed by atoms with Crippen LogP contribution in [0.2, 0.25) is 0 Å². The molecule has 0 aliphatic rings. The van der Waals surface area contributed by atoms with E-state index in [0.717, 1.165) is 0 Å². The normalized spacial score (nSPS) is 13.8. The molecule has 0 spiro atoms. The van der Waals surface area contributed by atoms with Crippen LogP contribution in [0.5, 0.6) is 5.75 Å². The molecule has 7 heteroatoms. The van der Waals surface area contributed by atoms with Crippen LogP contribution in [0.15, 0.2) is 30.3 Å². The van der Waals surface area contributed by atoms with Crippen molar-refractivity contribution in [3.05, 3.63) is 30.3 Å². The molecule has 6 nitrogen and oxygen atoms in total. The summed E-state index contributed by atoms with van der Waals surface area (Å²) < 4.78 is 26.6. The predicted molar refractivity (Wildman–Crippen MR) is 52.8 cm³/mol. The van der Waals surface area contributed by atoms with E-state index in [1.165, 1.54) is 12.1 Å². The molecule has 0 saturated carbocycles. The lowest BCUT2D eigenvalue weighted by Crippen LogP contribution is -2.43. The molecule has 1 atom stereocenters. The highest BCUT2D eigenvalue weighted by Crippen LogP contribution is 2.32. The monoisotopic (exact) mass is 244 g/mol. The van der Waals surface area contributed by atoms with Crippen molar-refractivity contribution in [3.8, 4) is 5.75 Å². The highest BCUT2D eigenvalue weighted by atomic mass is 31.1. The second kappa shape index (κ2) is 4.92. The number of rotatable bonds is 5. The molecule has 1 unspecified atom stereocenters. The summed E-state index contributed by atoms with van der Waals surface area (Å²) in [6, 6.07) is 7.55. The minimum Gasteiger partial charge on any atom is -0.478 e. The first-order chi connectivity index (χ1) is 7.53. The zero-order valence-electron chi connectivity index (χ0n) is 8.07. The van der Waals surface area contributed by atoms with Gasteiger partial charge >= 0.3 is 19.0 Å². The zero-order chi connectivity index (χ0) is 12.2. The molecule has 0 bridgehead atoms. The molecule has 1 rings (SSSR count). The van der Waals surface area contributed by atoms with E-state index in [0.29, 0.717) is 0 Å². The number of carboxylic acid groups (broad SMARTS) is 1. The maximum Gasteiger partial charge on any atom is 0.375 e. The highest BCUT2D eigenvalue weighted by molar-refractivity contribution is 7.34. The van der Waals surface area contributed by atoms with Gasteiger partial charge in [0.1, 0.15) is 12.4 Å². The molecule has 0 saturated heterocycles. The van der Waals surface area contributed by atoms with E-state index >= 15 is 0 Å². The first-order valence-corrected chi connectivity index (χ1v) is 5.43. The number of hydrogen-bond acceptors (Lipinski definition) is 5. The molecule has 86 valence electrons. The molecular formula is C9H9O6P. The van der Waals surface area contributed by atoms with E-state index in [-0.39, 0.29) is 5.75 Å². The lowest BCUT2D eigenvalue weighted by atomic mass is 10.3. The van der Waals surface area contributed by atoms with Crippen LogP contribution in [0.25, 0.3) is 0 Å². The zero-order valence-corrected chi connectivity index (χ0v) is 8.96. The van der Waals surface area contributed by atoms with Gasteiger partial charge in [0.15, 0.2) is 0 Å². The summed E-state index contributed by atoms with van der Waals surface area (Å²) in [5.74, 6) is -1.70. The van der Waals surface area contributed by atoms with Crippen LogP contribution in [-0.4, -0.2) is 28.1 Å². The number of aliphatic hydroxyl groups is 1. The van der Waals surface area contributed by atoms with Crippen molar-refractivity contribution in [2.75, 3.05) is 6.61 Å². The molecule has 0 fully saturated rings.